The quantitative estimate of drug-likeness (QED) is 0.758. The maximum absolute atomic E-state index is 5.56. The molecule has 4 heteroatoms. The van der Waals surface area contributed by atoms with Crippen LogP contribution in [0.5, 0.6) is 0 Å². The van der Waals surface area contributed by atoms with Crippen LogP contribution in [-0.2, 0) is 6.54 Å². The van der Waals surface area contributed by atoms with Crippen molar-refractivity contribution in [2.45, 2.75) is 26.3 Å². The van der Waals surface area contributed by atoms with Crippen molar-refractivity contribution in [2.75, 3.05) is 13.1 Å². The van der Waals surface area contributed by atoms with Crippen LogP contribution in [0.4, 0.5) is 0 Å². The van der Waals surface area contributed by atoms with Crippen molar-refractivity contribution in [3.63, 3.8) is 0 Å². The molecule has 0 spiro atoms. The van der Waals surface area contributed by atoms with Crippen molar-refractivity contribution in [3.05, 3.63) is 20.8 Å². The van der Waals surface area contributed by atoms with E-state index < -0.39 is 0 Å². The van der Waals surface area contributed by atoms with Gasteiger partial charge in [-0.05, 0) is 53.8 Å². The van der Waals surface area contributed by atoms with Crippen LogP contribution in [0.25, 0.3) is 0 Å². The maximum Gasteiger partial charge on any atom is 0.0300 e. The molecule has 0 radical (unpaired) electrons. The van der Waals surface area contributed by atoms with Crippen molar-refractivity contribution in [1.82, 2.24) is 5.32 Å². The van der Waals surface area contributed by atoms with Crippen LogP contribution in [0.2, 0.25) is 0 Å². The molecule has 0 bridgehead atoms. The topological polar surface area (TPSA) is 38.0 Å². The first kappa shape index (κ1) is 13.2. The predicted molar refractivity (Wildman–Crippen MR) is 71.2 cm³/mol. The van der Waals surface area contributed by atoms with Gasteiger partial charge in [0, 0.05) is 21.3 Å². The zero-order valence-corrected chi connectivity index (χ0v) is 11.5. The molecule has 1 heterocycles. The van der Waals surface area contributed by atoms with Crippen molar-refractivity contribution in [3.8, 4) is 0 Å². The Hall–Kier alpha value is 0.1000. The molecule has 2 nitrogen and oxygen atoms in total. The molecule has 0 aliphatic heterocycles. The van der Waals surface area contributed by atoms with E-state index in [1.165, 1.54) is 22.2 Å². The lowest BCUT2D eigenvalue weighted by Crippen LogP contribution is -2.17. The molecule has 1 atom stereocenters. The van der Waals surface area contributed by atoms with Gasteiger partial charge in [-0.1, -0.05) is 6.92 Å². The third-order valence-corrected chi connectivity index (χ3v) is 4.07. The van der Waals surface area contributed by atoms with Gasteiger partial charge in [0.15, 0.2) is 0 Å². The lowest BCUT2D eigenvalue weighted by Gasteiger charge is -2.07. The maximum atomic E-state index is 5.56. The molecule has 1 rings (SSSR count). The monoisotopic (exact) mass is 290 g/mol. The zero-order valence-electron chi connectivity index (χ0n) is 9.13. The van der Waals surface area contributed by atoms with Gasteiger partial charge in [0.2, 0.25) is 0 Å². The van der Waals surface area contributed by atoms with Crippen LogP contribution in [-0.4, -0.2) is 13.1 Å². The van der Waals surface area contributed by atoms with Crippen LogP contribution in [0.15, 0.2) is 15.9 Å². The van der Waals surface area contributed by atoms with Gasteiger partial charge >= 0.3 is 0 Å². The molecule has 0 saturated carbocycles. The fourth-order valence-corrected chi connectivity index (χ4v) is 2.77. The van der Waals surface area contributed by atoms with Gasteiger partial charge < -0.3 is 11.1 Å². The van der Waals surface area contributed by atoms with Gasteiger partial charge in [0.25, 0.3) is 0 Å². The normalized spacial score (nSPS) is 13.0. The Morgan fingerprint density at radius 3 is 3.00 bits per heavy atom. The summed E-state index contributed by atoms with van der Waals surface area (Å²) in [5.74, 6) is 0.655. The van der Waals surface area contributed by atoms with E-state index in [0.29, 0.717) is 5.92 Å². The summed E-state index contributed by atoms with van der Waals surface area (Å²) in [5, 5.41) is 5.56. The lowest BCUT2D eigenvalue weighted by molar-refractivity contribution is 0.502. The number of nitrogens with two attached hydrogens (primary N) is 1. The molecule has 86 valence electrons. The second-order valence-electron chi connectivity index (χ2n) is 3.89. The van der Waals surface area contributed by atoms with E-state index in [4.69, 9.17) is 5.73 Å². The van der Waals surface area contributed by atoms with Gasteiger partial charge in [0.1, 0.15) is 0 Å². The van der Waals surface area contributed by atoms with Crippen molar-refractivity contribution in [2.24, 2.45) is 11.7 Å². The minimum absolute atomic E-state index is 0.655. The van der Waals surface area contributed by atoms with E-state index in [2.05, 4.69) is 39.6 Å². The van der Waals surface area contributed by atoms with Crippen LogP contribution in [0.1, 0.15) is 24.6 Å². The average molecular weight is 291 g/mol. The van der Waals surface area contributed by atoms with Gasteiger partial charge in [-0.25, -0.2) is 0 Å². The highest BCUT2D eigenvalue weighted by molar-refractivity contribution is 9.10. The number of nitrogens with one attached hydrogen (secondary N) is 1. The first-order valence-corrected chi connectivity index (χ1v) is 7.03. The van der Waals surface area contributed by atoms with Crippen molar-refractivity contribution in [1.29, 1.82) is 0 Å². The SMILES string of the molecule is CC(CN)CCCNCc1cc(Br)cs1. The second-order valence-corrected chi connectivity index (χ2v) is 5.80. The van der Waals surface area contributed by atoms with E-state index in [9.17, 15) is 0 Å². The standard InChI is InChI=1S/C11H19BrN2S/c1-9(6-13)3-2-4-14-7-11-5-10(12)8-15-11/h5,8-9,14H,2-4,6-7,13H2,1H3. The molecule has 0 aromatic carbocycles. The fourth-order valence-electron chi connectivity index (χ4n) is 1.35. The number of thiophene rings is 1. The predicted octanol–water partition coefficient (Wildman–Crippen LogP) is 2.98. The molecular formula is C11H19BrN2S. The summed E-state index contributed by atoms with van der Waals surface area (Å²) >= 11 is 5.24. The second kappa shape index (κ2) is 7.39. The number of halogens is 1. The first-order chi connectivity index (χ1) is 7.22. The number of rotatable bonds is 7. The number of hydrogen-bond acceptors (Lipinski definition) is 3. The van der Waals surface area contributed by atoms with E-state index in [1.807, 2.05) is 0 Å². The van der Waals surface area contributed by atoms with E-state index in [1.54, 1.807) is 11.3 Å². The smallest absolute Gasteiger partial charge is 0.0300 e. The van der Waals surface area contributed by atoms with Crippen LogP contribution >= 0.6 is 27.3 Å². The Morgan fingerprint density at radius 2 is 2.40 bits per heavy atom. The molecular weight excluding hydrogens is 272 g/mol. The van der Waals surface area contributed by atoms with Crippen molar-refractivity contribution < 1.29 is 0 Å². The van der Waals surface area contributed by atoms with Gasteiger partial charge in [-0.2, -0.15) is 0 Å². The lowest BCUT2D eigenvalue weighted by atomic mass is 10.1. The van der Waals surface area contributed by atoms with Crippen LogP contribution in [0, 0.1) is 5.92 Å². The fraction of sp³-hybridized carbons (Fsp3) is 0.636. The molecule has 0 aliphatic carbocycles. The van der Waals surface area contributed by atoms with E-state index in [-0.39, 0.29) is 0 Å². The summed E-state index contributed by atoms with van der Waals surface area (Å²) in [5.41, 5.74) is 5.56. The van der Waals surface area contributed by atoms with Gasteiger partial charge in [-0.15, -0.1) is 11.3 Å². The third kappa shape index (κ3) is 5.66. The third-order valence-electron chi connectivity index (χ3n) is 2.37. The average Bonchev–Trinajstić information content (AvgIpc) is 2.63. The van der Waals surface area contributed by atoms with Gasteiger partial charge in [0.05, 0.1) is 0 Å². The molecule has 0 amide bonds. The molecule has 1 aromatic heterocycles. The molecule has 15 heavy (non-hydrogen) atoms. The van der Waals surface area contributed by atoms with E-state index in [0.717, 1.165) is 19.6 Å². The Labute approximate surface area is 104 Å². The minimum atomic E-state index is 0.655. The minimum Gasteiger partial charge on any atom is -0.330 e. The zero-order chi connectivity index (χ0) is 11.1. The molecule has 0 saturated heterocycles. The molecule has 3 N–H and O–H groups in total. The molecule has 1 aromatic rings. The summed E-state index contributed by atoms with van der Waals surface area (Å²) in [6.07, 6.45) is 2.43. The van der Waals surface area contributed by atoms with Gasteiger partial charge in [-0.3, -0.25) is 0 Å². The summed E-state index contributed by atoms with van der Waals surface area (Å²) in [6.45, 7) is 5.07. The van der Waals surface area contributed by atoms with Crippen LogP contribution < -0.4 is 11.1 Å². The molecule has 0 fully saturated rings. The highest BCUT2D eigenvalue weighted by Crippen LogP contribution is 2.19. The largest absolute Gasteiger partial charge is 0.330 e. The Bertz CT molecular complexity index is 275. The highest BCUT2D eigenvalue weighted by Gasteiger charge is 1.99. The Balaban J connectivity index is 2.02. The summed E-state index contributed by atoms with van der Waals surface area (Å²) in [4.78, 5) is 1.38. The molecule has 0 aliphatic rings. The number of hydrogen-bond donors (Lipinski definition) is 2. The molecule has 1 unspecified atom stereocenters. The Morgan fingerprint density at radius 1 is 1.60 bits per heavy atom. The van der Waals surface area contributed by atoms with Crippen LogP contribution in [0.3, 0.4) is 0 Å². The highest BCUT2D eigenvalue weighted by atomic mass is 79.9. The first-order valence-electron chi connectivity index (χ1n) is 5.36. The summed E-state index contributed by atoms with van der Waals surface area (Å²) in [7, 11) is 0. The Kier molecular flexibility index (Phi) is 6.48. The van der Waals surface area contributed by atoms with Crippen molar-refractivity contribution >= 4 is 27.3 Å². The summed E-state index contributed by atoms with van der Waals surface area (Å²) < 4.78 is 1.18. The summed E-state index contributed by atoms with van der Waals surface area (Å²) in [6, 6.07) is 2.17. The van der Waals surface area contributed by atoms with E-state index >= 15 is 0 Å².